The van der Waals surface area contributed by atoms with Gasteiger partial charge in [-0.2, -0.15) is 0 Å². The zero-order valence-electron chi connectivity index (χ0n) is 13.6. The first-order valence-electron chi connectivity index (χ1n) is 7.80. The molecule has 0 bridgehead atoms. The van der Waals surface area contributed by atoms with E-state index in [4.69, 9.17) is 21.1 Å². The Balaban J connectivity index is 2.26. The number of Topliss-reactive ketones (excluding diaryl/α,β-unsaturated/α-hetero) is 1. The van der Waals surface area contributed by atoms with Crippen LogP contribution in [0.5, 0.6) is 5.75 Å². The molecule has 2 rings (SSSR count). The van der Waals surface area contributed by atoms with Crippen LogP contribution in [-0.4, -0.2) is 50.1 Å². The van der Waals surface area contributed by atoms with Gasteiger partial charge in [0.2, 0.25) is 0 Å². The zero-order chi connectivity index (χ0) is 16.1. The van der Waals surface area contributed by atoms with E-state index in [0.29, 0.717) is 42.7 Å². The largest absolute Gasteiger partial charge is 0.493 e. The summed E-state index contributed by atoms with van der Waals surface area (Å²) in [5, 5.41) is 0.647. The number of morpholine rings is 1. The molecular formula is C17H24ClNO3. The number of aryl methyl sites for hydroxylation is 1. The van der Waals surface area contributed by atoms with Gasteiger partial charge in [-0.25, -0.2) is 0 Å². The van der Waals surface area contributed by atoms with E-state index in [1.54, 1.807) is 0 Å². The predicted octanol–water partition coefficient (Wildman–Crippen LogP) is 3.26. The number of carbonyl (C=O) groups is 1. The molecule has 0 aliphatic carbocycles. The molecule has 5 heteroatoms. The molecule has 22 heavy (non-hydrogen) atoms. The van der Waals surface area contributed by atoms with Gasteiger partial charge in [0.05, 0.1) is 31.9 Å². The van der Waals surface area contributed by atoms with Crippen LogP contribution in [-0.2, 0) is 4.74 Å². The summed E-state index contributed by atoms with van der Waals surface area (Å²) < 4.78 is 11.1. The topological polar surface area (TPSA) is 38.8 Å². The van der Waals surface area contributed by atoms with Crippen LogP contribution in [0.2, 0.25) is 5.02 Å². The summed E-state index contributed by atoms with van der Waals surface area (Å²) in [5.41, 5.74) is 2.37. The number of carbonyl (C=O) groups excluding carboxylic acids is 1. The fourth-order valence-corrected chi connectivity index (χ4v) is 2.79. The van der Waals surface area contributed by atoms with Gasteiger partial charge in [-0.3, -0.25) is 9.69 Å². The van der Waals surface area contributed by atoms with Crippen molar-refractivity contribution in [3.63, 3.8) is 0 Å². The zero-order valence-corrected chi connectivity index (χ0v) is 14.3. The number of ether oxygens (including phenoxy) is 2. The maximum absolute atomic E-state index is 12.8. The van der Waals surface area contributed by atoms with E-state index in [9.17, 15) is 4.79 Å². The summed E-state index contributed by atoms with van der Waals surface area (Å²) in [5.74, 6) is 0.715. The van der Waals surface area contributed by atoms with E-state index in [1.807, 2.05) is 26.8 Å². The molecule has 1 fully saturated rings. The first-order valence-corrected chi connectivity index (χ1v) is 8.18. The van der Waals surface area contributed by atoms with Crippen molar-refractivity contribution < 1.29 is 14.3 Å². The summed E-state index contributed by atoms with van der Waals surface area (Å²) >= 11 is 6.33. The third kappa shape index (κ3) is 4.00. The van der Waals surface area contributed by atoms with E-state index >= 15 is 0 Å². The van der Waals surface area contributed by atoms with Crippen LogP contribution in [0, 0.1) is 13.8 Å². The number of halogens is 1. The van der Waals surface area contributed by atoms with Crippen molar-refractivity contribution in [1.29, 1.82) is 0 Å². The van der Waals surface area contributed by atoms with Gasteiger partial charge in [0.15, 0.2) is 5.78 Å². The highest BCUT2D eigenvalue weighted by Gasteiger charge is 2.22. The highest BCUT2D eigenvalue weighted by molar-refractivity contribution is 6.32. The molecule has 0 unspecified atom stereocenters. The number of nitrogens with zero attached hydrogens (tertiary/aromatic N) is 1. The minimum absolute atomic E-state index is 0.0624. The first-order chi connectivity index (χ1) is 10.5. The fourth-order valence-electron chi connectivity index (χ4n) is 2.64. The molecule has 1 heterocycles. The number of benzene rings is 1. The number of ketones is 1. The van der Waals surface area contributed by atoms with Gasteiger partial charge >= 0.3 is 0 Å². The van der Waals surface area contributed by atoms with E-state index < -0.39 is 0 Å². The molecule has 4 nitrogen and oxygen atoms in total. The molecule has 0 radical (unpaired) electrons. The van der Waals surface area contributed by atoms with Crippen LogP contribution in [0.25, 0.3) is 0 Å². The third-order valence-corrected chi connectivity index (χ3v) is 4.44. The number of hydrogen-bond donors (Lipinski definition) is 0. The van der Waals surface area contributed by atoms with E-state index in [0.717, 1.165) is 30.6 Å². The van der Waals surface area contributed by atoms with E-state index in [1.165, 1.54) is 0 Å². The Kier molecular flexibility index (Phi) is 6.24. The van der Waals surface area contributed by atoms with Gasteiger partial charge in [0.1, 0.15) is 5.75 Å². The van der Waals surface area contributed by atoms with Crippen molar-refractivity contribution in [1.82, 2.24) is 4.90 Å². The number of hydrogen-bond acceptors (Lipinski definition) is 4. The Morgan fingerprint density at radius 1 is 1.36 bits per heavy atom. The monoisotopic (exact) mass is 325 g/mol. The lowest BCUT2D eigenvalue weighted by Gasteiger charge is -2.26. The normalized spacial score (nSPS) is 15.8. The Morgan fingerprint density at radius 2 is 2.05 bits per heavy atom. The van der Waals surface area contributed by atoms with Crippen molar-refractivity contribution in [2.24, 2.45) is 0 Å². The third-order valence-electron chi connectivity index (χ3n) is 3.86. The lowest BCUT2D eigenvalue weighted by atomic mass is 10.00. The molecule has 1 aromatic carbocycles. The van der Waals surface area contributed by atoms with Gasteiger partial charge in [0.25, 0.3) is 0 Å². The highest BCUT2D eigenvalue weighted by Crippen LogP contribution is 2.32. The van der Waals surface area contributed by atoms with Crippen LogP contribution in [0.4, 0.5) is 0 Å². The molecule has 0 aromatic heterocycles. The van der Waals surface area contributed by atoms with Crippen LogP contribution in [0.3, 0.4) is 0 Å². The summed E-state index contributed by atoms with van der Waals surface area (Å²) in [7, 11) is 0. The van der Waals surface area contributed by atoms with Crippen molar-refractivity contribution in [2.45, 2.75) is 27.2 Å². The molecule has 0 amide bonds. The quantitative estimate of drug-likeness (QED) is 0.753. The van der Waals surface area contributed by atoms with Crippen molar-refractivity contribution >= 4 is 17.4 Å². The maximum atomic E-state index is 12.8. The van der Waals surface area contributed by atoms with Gasteiger partial charge in [-0.05, 0) is 37.5 Å². The van der Waals surface area contributed by atoms with Crippen LogP contribution < -0.4 is 4.74 Å². The molecule has 0 N–H and O–H groups in total. The standard InChI is InChI=1S/C17H24ClNO3/c1-4-7-22-15-10-12(2)17(18)13(3)16(15)14(20)11-19-5-8-21-9-6-19/h10H,4-9,11H2,1-3H3. The highest BCUT2D eigenvalue weighted by atomic mass is 35.5. The molecule has 122 valence electrons. The smallest absolute Gasteiger partial charge is 0.180 e. The lowest BCUT2D eigenvalue weighted by molar-refractivity contribution is 0.0370. The molecular weight excluding hydrogens is 302 g/mol. The second kappa shape index (κ2) is 7.95. The van der Waals surface area contributed by atoms with E-state index in [-0.39, 0.29) is 5.78 Å². The average Bonchev–Trinajstić information content (AvgIpc) is 2.51. The molecule has 1 aliphatic rings. The summed E-state index contributed by atoms with van der Waals surface area (Å²) in [4.78, 5) is 14.9. The lowest BCUT2D eigenvalue weighted by Crippen LogP contribution is -2.39. The second-order valence-electron chi connectivity index (χ2n) is 5.67. The molecule has 0 spiro atoms. The van der Waals surface area contributed by atoms with Crippen molar-refractivity contribution in [3.8, 4) is 5.75 Å². The van der Waals surface area contributed by atoms with Gasteiger partial charge < -0.3 is 9.47 Å². The molecule has 1 aromatic rings. The van der Waals surface area contributed by atoms with Crippen molar-refractivity contribution in [2.75, 3.05) is 39.5 Å². The van der Waals surface area contributed by atoms with Crippen molar-refractivity contribution in [3.05, 3.63) is 27.8 Å². The fraction of sp³-hybridized carbons (Fsp3) is 0.588. The number of rotatable bonds is 6. The Bertz CT molecular complexity index is 539. The molecule has 1 aliphatic heterocycles. The van der Waals surface area contributed by atoms with Crippen LogP contribution >= 0.6 is 11.6 Å². The second-order valence-corrected chi connectivity index (χ2v) is 6.04. The van der Waals surface area contributed by atoms with Crippen LogP contribution in [0.1, 0.15) is 34.8 Å². The Morgan fingerprint density at radius 3 is 2.68 bits per heavy atom. The molecule has 0 atom stereocenters. The minimum atomic E-state index is 0.0624. The van der Waals surface area contributed by atoms with Crippen LogP contribution in [0.15, 0.2) is 6.07 Å². The SMILES string of the molecule is CCCOc1cc(C)c(Cl)c(C)c1C(=O)CN1CCOCC1. The Labute approximate surface area is 137 Å². The summed E-state index contributed by atoms with van der Waals surface area (Å²) in [6.45, 7) is 9.78. The summed E-state index contributed by atoms with van der Waals surface area (Å²) in [6.07, 6.45) is 0.901. The maximum Gasteiger partial charge on any atom is 0.180 e. The average molecular weight is 326 g/mol. The van der Waals surface area contributed by atoms with Gasteiger partial charge in [-0.1, -0.05) is 18.5 Å². The molecule has 1 saturated heterocycles. The first kappa shape index (κ1) is 17.3. The van der Waals surface area contributed by atoms with Gasteiger partial charge in [0, 0.05) is 18.1 Å². The van der Waals surface area contributed by atoms with Gasteiger partial charge in [-0.15, -0.1) is 0 Å². The molecule has 0 saturated carbocycles. The predicted molar refractivity (Wildman–Crippen MR) is 88.3 cm³/mol. The minimum Gasteiger partial charge on any atom is -0.493 e. The Hall–Kier alpha value is -1.10. The summed E-state index contributed by atoms with van der Waals surface area (Å²) in [6, 6.07) is 1.87. The van der Waals surface area contributed by atoms with E-state index in [2.05, 4.69) is 4.90 Å².